The number of amides is 1. The molecule has 32 heavy (non-hydrogen) atoms. The highest BCUT2D eigenvalue weighted by atomic mass is 16.5. The molecule has 0 atom stereocenters. The van der Waals surface area contributed by atoms with E-state index < -0.39 is 0 Å². The van der Waals surface area contributed by atoms with Crippen molar-refractivity contribution in [1.29, 1.82) is 0 Å². The number of nitrogens with one attached hydrogen (secondary N) is 1. The van der Waals surface area contributed by atoms with Gasteiger partial charge in [-0.25, -0.2) is 0 Å². The molecule has 1 aliphatic rings. The zero-order valence-corrected chi connectivity index (χ0v) is 18.9. The number of fused-ring (bicyclic) bond motifs is 1. The Bertz CT molecular complexity index is 1080. The van der Waals surface area contributed by atoms with Gasteiger partial charge >= 0.3 is 0 Å². The highest BCUT2D eigenvalue weighted by Crippen LogP contribution is 2.43. The van der Waals surface area contributed by atoms with Crippen LogP contribution >= 0.6 is 0 Å². The maximum Gasteiger partial charge on any atom is 0.251 e. The van der Waals surface area contributed by atoms with Gasteiger partial charge in [-0.1, -0.05) is 30.3 Å². The second-order valence-electron chi connectivity index (χ2n) is 8.09. The average molecular weight is 435 g/mol. The summed E-state index contributed by atoms with van der Waals surface area (Å²) < 4.78 is 16.5. The molecule has 3 aromatic rings. The van der Waals surface area contributed by atoms with E-state index in [0.29, 0.717) is 22.8 Å². The molecular formula is C26H30N2O4. The number of carbonyl (C=O) groups excluding carboxylic acids is 1. The van der Waals surface area contributed by atoms with Crippen molar-refractivity contribution in [3.8, 4) is 17.2 Å². The summed E-state index contributed by atoms with van der Waals surface area (Å²) in [5.41, 5.74) is 1.95. The Labute approximate surface area is 189 Å². The summed E-state index contributed by atoms with van der Waals surface area (Å²) in [5, 5.41) is 4.95. The molecule has 4 rings (SSSR count). The smallest absolute Gasteiger partial charge is 0.251 e. The molecule has 0 unspecified atom stereocenters. The number of carbonyl (C=O) groups is 1. The molecule has 1 N–H and O–H groups in total. The van der Waals surface area contributed by atoms with E-state index in [1.54, 1.807) is 21.3 Å². The number of likely N-dealkylation sites (tertiary alicyclic amines) is 1. The maximum atomic E-state index is 12.9. The third-order valence-electron chi connectivity index (χ3n) is 6.07. The van der Waals surface area contributed by atoms with Gasteiger partial charge < -0.3 is 19.5 Å². The van der Waals surface area contributed by atoms with E-state index >= 15 is 0 Å². The van der Waals surface area contributed by atoms with Crippen molar-refractivity contribution in [2.24, 2.45) is 0 Å². The summed E-state index contributed by atoms with van der Waals surface area (Å²) in [4.78, 5) is 15.4. The Hall–Kier alpha value is -3.25. The highest BCUT2D eigenvalue weighted by molar-refractivity contribution is 6.01. The first-order chi connectivity index (χ1) is 15.6. The largest absolute Gasteiger partial charge is 0.493 e. The predicted molar refractivity (Wildman–Crippen MR) is 126 cm³/mol. The van der Waals surface area contributed by atoms with E-state index in [2.05, 4.69) is 34.5 Å². The first kappa shape index (κ1) is 22.0. The van der Waals surface area contributed by atoms with E-state index in [1.807, 2.05) is 30.3 Å². The lowest BCUT2D eigenvalue weighted by molar-refractivity contribution is 0.0909. The normalized spacial score (nSPS) is 14.8. The lowest BCUT2D eigenvalue weighted by Crippen LogP contribution is -2.44. The van der Waals surface area contributed by atoms with Crippen LogP contribution in [0.3, 0.4) is 0 Å². The van der Waals surface area contributed by atoms with Crippen LogP contribution in [0.5, 0.6) is 17.2 Å². The van der Waals surface area contributed by atoms with E-state index in [-0.39, 0.29) is 11.9 Å². The molecule has 6 heteroatoms. The second-order valence-corrected chi connectivity index (χ2v) is 8.09. The number of hydrogen-bond acceptors (Lipinski definition) is 5. The molecule has 0 aromatic heterocycles. The Balaban J connectivity index is 1.43. The van der Waals surface area contributed by atoms with Gasteiger partial charge in [0.1, 0.15) is 0 Å². The molecular weight excluding hydrogens is 404 g/mol. The molecule has 6 nitrogen and oxygen atoms in total. The molecule has 3 aromatic carbocycles. The minimum absolute atomic E-state index is 0.0536. The van der Waals surface area contributed by atoms with Crippen LogP contribution in [0.4, 0.5) is 0 Å². The predicted octanol–water partition coefficient (Wildman–Crippen LogP) is 4.26. The van der Waals surface area contributed by atoms with Crippen molar-refractivity contribution in [2.75, 3.05) is 34.4 Å². The van der Waals surface area contributed by atoms with Gasteiger partial charge in [0.25, 0.3) is 5.91 Å². The van der Waals surface area contributed by atoms with Crippen LogP contribution in [0.2, 0.25) is 0 Å². The Morgan fingerprint density at radius 1 is 0.938 bits per heavy atom. The van der Waals surface area contributed by atoms with Gasteiger partial charge in [-0.3, -0.25) is 9.69 Å². The van der Waals surface area contributed by atoms with Crippen molar-refractivity contribution >= 4 is 16.7 Å². The van der Waals surface area contributed by atoms with Gasteiger partial charge in [0.2, 0.25) is 5.75 Å². The van der Waals surface area contributed by atoms with E-state index in [0.717, 1.165) is 43.2 Å². The fourth-order valence-corrected chi connectivity index (χ4v) is 4.36. The summed E-state index contributed by atoms with van der Waals surface area (Å²) in [5.74, 6) is 1.66. The van der Waals surface area contributed by atoms with E-state index in [4.69, 9.17) is 14.2 Å². The average Bonchev–Trinajstić information content (AvgIpc) is 2.84. The van der Waals surface area contributed by atoms with Gasteiger partial charge in [0.05, 0.1) is 21.3 Å². The zero-order chi connectivity index (χ0) is 22.5. The SMILES string of the molecule is COc1cc2cc(C(=O)NC3CCN(Cc4ccccc4)CC3)ccc2c(OC)c1OC. The number of nitrogens with zero attached hydrogens (tertiary/aromatic N) is 1. The number of methoxy groups -OCH3 is 3. The highest BCUT2D eigenvalue weighted by Gasteiger charge is 2.22. The van der Waals surface area contributed by atoms with Crippen LogP contribution < -0.4 is 19.5 Å². The van der Waals surface area contributed by atoms with Crippen LogP contribution in [0, 0.1) is 0 Å². The molecule has 1 aliphatic heterocycles. The Morgan fingerprint density at radius 3 is 2.31 bits per heavy atom. The quantitative estimate of drug-likeness (QED) is 0.602. The van der Waals surface area contributed by atoms with Crippen LogP contribution in [0.1, 0.15) is 28.8 Å². The van der Waals surface area contributed by atoms with Gasteiger partial charge in [0.15, 0.2) is 11.5 Å². The molecule has 1 fully saturated rings. The molecule has 0 bridgehead atoms. The standard InChI is InChI=1S/C26H30N2O4/c1-30-23-16-20-15-19(9-10-22(20)24(31-2)25(23)32-3)26(29)27-21-11-13-28(14-12-21)17-18-7-5-4-6-8-18/h4-10,15-16,21H,11-14,17H2,1-3H3,(H,27,29). The molecule has 0 radical (unpaired) electrons. The number of ether oxygens (including phenoxy) is 3. The van der Waals surface area contributed by atoms with Crippen LogP contribution in [-0.2, 0) is 6.54 Å². The minimum Gasteiger partial charge on any atom is -0.493 e. The van der Waals surface area contributed by atoms with Crippen LogP contribution in [-0.4, -0.2) is 51.3 Å². The summed E-state index contributed by atoms with van der Waals surface area (Å²) in [7, 11) is 4.77. The zero-order valence-electron chi connectivity index (χ0n) is 18.9. The van der Waals surface area contributed by atoms with Crippen molar-refractivity contribution < 1.29 is 19.0 Å². The number of piperidine rings is 1. The Kier molecular flexibility index (Phi) is 6.81. The third kappa shape index (κ3) is 4.65. The topological polar surface area (TPSA) is 60.0 Å². The maximum absolute atomic E-state index is 12.9. The number of hydrogen-bond donors (Lipinski definition) is 1. The first-order valence-corrected chi connectivity index (χ1v) is 10.9. The molecule has 1 heterocycles. The lowest BCUT2D eigenvalue weighted by Gasteiger charge is -2.32. The molecule has 168 valence electrons. The Morgan fingerprint density at radius 2 is 1.66 bits per heavy atom. The molecule has 1 amide bonds. The van der Waals surface area contributed by atoms with Gasteiger partial charge in [-0.05, 0) is 48.1 Å². The summed E-state index contributed by atoms with van der Waals surface area (Å²) >= 11 is 0. The fraction of sp³-hybridized carbons (Fsp3) is 0.346. The van der Waals surface area contributed by atoms with E-state index in [9.17, 15) is 4.79 Å². The molecule has 1 saturated heterocycles. The third-order valence-corrected chi connectivity index (χ3v) is 6.07. The summed E-state index contributed by atoms with van der Waals surface area (Å²) in [6.45, 7) is 2.91. The van der Waals surface area contributed by atoms with Crippen molar-refractivity contribution in [1.82, 2.24) is 10.2 Å². The fourth-order valence-electron chi connectivity index (χ4n) is 4.36. The van der Waals surface area contributed by atoms with Gasteiger partial charge in [-0.2, -0.15) is 0 Å². The van der Waals surface area contributed by atoms with Gasteiger partial charge in [-0.15, -0.1) is 0 Å². The summed E-state index contributed by atoms with van der Waals surface area (Å²) in [6, 6.07) is 18.2. The second kappa shape index (κ2) is 9.92. The first-order valence-electron chi connectivity index (χ1n) is 10.9. The number of benzene rings is 3. The van der Waals surface area contributed by atoms with Crippen molar-refractivity contribution in [2.45, 2.75) is 25.4 Å². The molecule has 0 aliphatic carbocycles. The van der Waals surface area contributed by atoms with Crippen molar-refractivity contribution in [3.63, 3.8) is 0 Å². The van der Waals surface area contributed by atoms with Crippen LogP contribution in [0.25, 0.3) is 10.8 Å². The monoisotopic (exact) mass is 434 g/mol. The summed E-state index contributed by atoms with van der Waals surface area (Å²) in [6.07, 6.45) is 1.90. The molecule has 0 spiro atoms. The lowest BCUT2D eigenvalue weighted by atomic mass is 10.0. The van der Waals surface area contributed by atoms with Crippen LogP contribution in [0.15, 0.2) is 54.6 Å². The van der Waals surface area contributed by atoms with Crippen molar-refractivity contribution in [3.05, 3.63) is 65.7 Å². The number of rotatable bonds is 7. The van der Waals surface area contributed by atoms with Gasteiger partial charge in [0, 0.05) is 36.6 Å². The molecule has 0 saturated carbocycles. The minimum atomic E-state index is -0.0536. The van der Waals surface area contributed by atoms with E-state index in [1.165, 1.54) is 5.56 Å².